The van der Waals surface area contributed by atoms with Crippen LogP contribution >= 0.6 is 0 Å². The van der Waals surface area contributed by atoms with Gasteiger partial charge in [-0.25, -0.2) is 0 Å². The fourth-order valence-electron chi connectivity index (χ4n) is 8.73. The first-order chi connectivity index (χ1) is 27.8. The third-order valence-corrected chi connectivity index (χ3v) is 11.6. The summed E-state index contributed by atoms with van der Waals surface area (Å²) in [6.45, 7) is 25.0. The van der Waals surface area contributed by atoms with Gasteiger partial charge in [0.15, 0.2) is 0 Å². The molecular weight excluding hydrogens is 709 g/mol. The fourth-order valence-corrected chi connectivity index (χ4v) is 8.73. The van der Waals surface area contributed by atoms with Gasteiger partial charge in [-0.3, -0.25) is 0 Å². The Morgan fingerprint density at radius 2 is 0.655 bits per heavy atom. The number of unbranched alkanes of at least 4 members (excludes halogenated alkanes) is 6. The molecular formula is C52H98N6. The summed E-state index contributed by atoms with van der Waals surface area (Å²) in [5.41, 5.74) is 9.22. The number of hydrogen-bond acceptors (Lipinski definition) is 6. The molecule has 1 aliphatic rings. The molecule has 2 aromatic carbocycles. The zero-order chi connectivity index (χ0) is 43.3. The van der Waals surface area contributed by atoms with Crippen LogP contribution < -0.4 is 0 Å². The van der Waals surface area contributed by atoms with Crippen molar-refractivity contribution in [2.45, 2.75) is 143 Å². The molecule has 6 heteroatoms. The molecule has 3 rings (SSSR count). The first-order valence-corrected chi connectivity index (χ1v) is 24.1. The highest BCUT2D eigenvalue weighted by molar-refractivity contribution is 5.81. The zero-order valence-electron chi connectivity index (χ0n) is 41.3. The quantitative estimate of drug-likeness (QED) is 0.0727. The number of benzene rings is 2. The summed E-state index contributed by atoms with van der Waals surface area (Å²) in [4.78, 5) is 14.8. The number of nitrogens with zero attached hydrogens (tertiary/aromatic N) is 6. The van der Waals surface area contributed by atoms with E-state index in [1.807, 2.05) is 13.8 Å². The van der Waals surface area contributed by atoms with Crippen molar-refractivity contribution in [1.29, 1.82) is 0 Å². The predicted octanol–water partition coefficient (Wildman–Crippen LogP) is 11.3. The summed E-state index contributed by atoms with van der Waals surface area (Å²) in [6, 6.07) is 14.7. The highest BCUT2D eigenvalue weighted by Crippen LogP contribution is 2.54. The third-order valence-electron chi connectivity index (χ3n) is 11.6. The SMILES string of the molecule is CC.CCC.Cc1ccc2c(c1)C(CCCCCCN(CCCN(C)C)CCCN(C)C)(CCCCCCN(CCCN(C)C)CCCN(C)C)c1cc(C)ccc1-2. The van der Waals surface area contributed by atoms with E-state index < -0.39 is 0 Å². The van der Waals surface area contributed by atoms with Gasteiger partial charge in [0, 0.05) is 5.41 Å². The summed E-state index contributed by atoms with van der Waals surface area (Å²) < 4.78 is 0. The Balaban J connectivity index is 0.00000321. The Hall–Kier alpha value is -1.80. The maximum absolute atomic E-state index is 2.75. The first-order valence-electron chi connectivity index (χ1n) is 24.1. The summed E-state index contributed by atoms with van der Waals surface area (Å²) >= 11 is 0. The Kier molecular flexibility index (Phi) is 29.9. The first kappa shape index (κ1) is 54.2. The van der Waals surface area contributed by atoms with E-state index in [2.05, 4.69) is 150 Å². The van der Waals surface area contributed by atoms with Gasteiger partial charge in [-0.15, -0.1) is 0 Å². The van der Waals surface area contributed by atoms with Gasteiger partial charge in [0.1, 0.15) is 0 Å². The largest absolute Gasteiger partial charge is 0.309 e. The number of hydrogen-bond donors (Lipinski definition) is 0. The minimum atomic E-state index is 0.150. The van der Waals surface area contributed by atoms with Crippen LogP contribution in [0, 0.1) is 13.8 Å². The fraction of sp³-hybridized carbons (Fsp3) is 0.769. The van der Waals surface area contributed by atoms with Crippen molar-refractivity contribution in [2.24, 2.45) is 0 Å². The highest BCUT2D eigenvalue weighted by atomic mass is 15.1. The van der Waals surface area contributed by atoms with Crippen LogP contribution in [-0.2, 0) is 5.41 Å². The van der Waals surface area contributed by atoms with Gasteiger partial charge < -0.3 is 29.4 Å². The second kappa shape index (κ2) is 32.0. The van der Waals surface area contributed by atoms with Crippen LogP contribution in [0.15, 0.2) is 36.4 Å². The second-order valence-corrected chi connectivity index (χ2v) is 18.5. The lowest BCUT2D eigenvalue weighted by Crippen LogP contribution is -2.31. The van der Waals surface area contributed by atoms with Crippen molar-refractivity contribution >= 4 is 0 Å². The van der Waals surface area contributed by atoms with Crippen molar-refractivity contribution in [1.82, 2.24) is 29.4 Å². The van der Waals surface area contributed by atoms with Gasteiger partial charge >= 0.3 is 0 Å². The molecule has 0 N–H and O–H groups in total. The van der Waals surface area contributed by atoms with E-state index in [1.165, 1.54) is 184 Å². The lowest BCUT2D eigenvalue weighted by molar-refractivity contribution is 0.235. The minimum absolute atomic E-state index is 0.150. The second-order valence-electron chi connectivity index (χ2n) is 18.5. The highest BCUT2D eigenvalue weighted by Gasteiger charge is 2.42. The molecule has 6 nitrogen and oxygen atoms in total. The van der Waals surface area contributed by atoms with Crippen LogP contribution in [-0.4, -0.2) is 151 Å². The molecule has 0 atom stereocenters. The molecule has 0 heterocycles. The molecule has 0 aliphatic heterocycles. The van der Waals surface area contributed by atoms with E-state index in [4.69, 9.17) is 0 Å². The van der Waals surface area contributed by atoms with E-state index in [9.17, 15) is 0 Å². The van der Waals surface area contributed by atoms with Gasteiger partial charge in [0.05, 0.1) is 0 Å². The lowest BCUT2D eigenvalue weighted by Gasteiger charge is -2.33. The molecule has 0 fully saturated rings. The molecule has 1 aliphatic carbocycles. The summed E-state index contributed by atoms with van der Waals surface area (Å²) in [6.07, 6.45) is 19.5. The molecule has 0 saturated carbocycles. The summed E-state index contributed by atoms with van der Waals surface area (Å²) in [7, 11) is 17.6. The molecule has 0 saturated heterocycles. The summed E-state index contributed by atoms with van der Waals surface area (Å²) in [5.74, 6) is 0. The van der Waals surface area contributed by atoms with Crippen LogP contribution in [0.5, 0.6) is 0 Å². The Labute approximate surface area is 363 Å². The van der Waals surface area contributed by atoms with Crippen LogP contribution in [0.2, 0.25) is 0 Å². The molecule has 0 radical (unpaired) electrons. The lowest BCUT2D eigenvalue weighted by atomic mass is 9.70. The predicted molar refractivity (Wildman–Crippen MR) is 261 cm³/mol. The van der Waals surface area contributed by atoms with Gasteiger partial charge in [-0.2, -0.15) is 0 Å². The van der Waals surface area contributed by atoms with E-state index in [1.54, 1.807) is 11.1 Å². The Bertz CT molecular complexity index is 1160. The van der Waals surface area contributed by atoms with Crippen molar-refractivity contribution in [3.05, 3.63) is 58.7 Å². The van der Waals surface area contributed by atoms with Crippen molar-refractivity contribution in [2.75, 3.05) is 122 Å². The maximum Gasteiger partial charge on any atom is 0.0215 e. The van der Waals surface area contributed by atoms with E-state index in [-0.39, 0.29) is 5.41 Å². The van der Waals surface area contributed by atoms with Gasteiger partial charge in [0.2, 0.25) is 0 Å². The monoisotopic (exact) mass is 807 g/mol. The van der Waals surface area contributed by atoms with Gasteiger partial charge in [0.25, 0.3) is 0 Å². The van der Waals surface area contributed by atoms with Gasteiger partial charge in [-0.1, -0.05) is 120 Å². The summed E-state index contributed by atoms with van der Waals surface area (Å²) in [5, 5.41) is 0. The van der Waals surface area contributed by atoms with E-state index in [0.717, 1.165) is 0 Å². The minimum Gasteiger partial charge on any atom is -0.309 e. The molecule has 0 aromatic heterocycles. The van der Waals surface area contributed by atoms with E-state index >= 15 is 0 Å². The smallest absolute Gasteiger partial charge is 0.0215 e. The number of rotatable bonds is 30. The van der Waals surface area contributed by atoms with Crippen molar-refractivity contribution < 1.29 is 0 Å². The normalized spacial score (nSPS) is 13.0. The molecule has 0 bridgehead atoms. The standard InChI is InChI=1S/C47H84N6.C3H8.C2H6/c1-41-23-25-43-44-26-24-42(2)40-46(44)47(45(43)39-41,27-15-11-13-17-33-52(35-19-29-48(3)4)36-20-30-49(5)6)28-16-12-14-18-34-53(37-21-31-50(7)8)38-22-32-51(9)10;1-3-2;1-2/h23-26,39-40H,11-22,27-38H2,1-10H3;3H2,1-2H3;1-2H3. The topological polar surface area (TPSA) is 19.4 Å². The third kappa shape index (κ3) is 21.6. The number of aryl methyl sites for hydroxylation is 2. The van der Waals surface area contributed by atoms with Crippen LogP contribution in [0.25, 0.3) is 11.1 Å². The van der Waals surface area contributed by atoms with Gasteiger partial charge in [-0.05, 0) is 209 Å². The van der Waals surface area contributed by atoms with Crippen LogP contribution in [0.1, 0.15) is 146 Å². The zero-order valence-corrected chi connectivity index (χ0v) is 41.3. The number of fused-ring (bicyclic) bond motifs is 3. The molecule has 0 spiro atoms. The molecule has 2 aromatic rings. The average molecular weight is 807 g/mol. The van der Waals surface area contributed by atoms with Crippen molar-refractivity contribution in [3.8, 4) is 11.1 Å². The average Bonchev–Trinajstić information content (AvgIpc) is 3.42. The van der Waals surface area contributed by atoms with Crippen molar-refractivity contribution in [3.63, 3.8) is 0 Å². The van der Waals surface area contributed by atoms with Crippen LogP contribution in [0.4, 0.5) is 0 Å². The molecule has 0 amide bonds. The molecule has 336 valence electrons. The molecule has 0 unspecified atom stereocenters. The Morgan fingerprint density at radius 1 is 0.379 bits per heavy atom. The maximum atomic E-state index is 2.75. The molecule has 58 heavy (non-hydrogen) atoms. The van der Waals surface area contributed by atoms with E-state index in [0.29, 0.717) is 0 Å². The van der Waals surface area contributed by atoms with Crippen LogP contribution in [0.3, 0.4) is 0 Å². The Morgan fingerprint density at radius 3 is 0.948 bits per heavy atom.